The van der Waals surface area contributed by atoms with Crippen LogP contribution in [0, 0.1) is 0 Å². The molecule has 54 heavy (non-hydrogen) atoms. The van der Waals surface area contributed by atoms with Crippen molar-refractivity contribution in [3.8, 4) is 0 Å². The van der Waals surface area contributed by atoms with Crippen LogP contribution in [-0.4, -0.2) is 87.5 Å². The quantitative estimate of drug-likeness (QED) is 0.0269. The third kappa shape index (κ3) is 26.7. The number of nitrogens with one attached hydrogen (secondary N) is 1. The molecule has 1 saturated heterocycles. The maximum absolute atomic E-state index is 12.9. The third-order valence-corrected chi connectivity index (χ3v) is 11.1. The number of allylic oxidation sites excluding steroid dienone is 2. The maximum atomic E-state index is 12.9. The molecule has 9 nitrogen and oxygen atoms in total. The van der Waals surface area contributed by atoms with Crippen molar-refractivity contribution in [1.82, 2.24) is 5.32 Å². The van der Waals surface area contributed by atoms with Gasteiger partial charge in [0.25, 0.3) is 0 Å². The average Bonchev–Trinajstić information content (AvgIpc) is 3.17. The summed E-state index contributed by atoms with van der Waals surface area (Å²) in [5, 5.41) is 54.2. The Morgan fingerprint density at radius 3 is 1.50 bits per heavy atom. The predicted octanol–water partition coefficient (Wildman–Crippen LogP) is 9.34. The van der Waals surface area contributed by atoms with E-state index >= 15 is 0 Å². The monoisotopic (exact) mass is 770 g/mol. The number of aliphatic hydroxyl groups is 5. The Morgan fingerprint density at radius 2 is 1.04 bits per heavy atom. The van der Waals surface area contributed by atoms with Crippen molar-refractivity contribution in [2.45, 2.75) is 256 Å². The van der Waals surface area contributed by atoms with E-state index in [0.717, 1.165) is 38.5 Å². The van der Waals surface area contributed by atoms with E-state index in [2.05, 4.69) is 31.3 Å². The molecule has 1 fully saturated rings. The lowest BCUT2D eigenvalue weighted by Crippen LogP contribution is -2.60. The zero-order chi connectivity index (χ0) is 39.5. The second-order valence-electron chi connectivity index (χ2n) is 16.2. The minimum absolute atomic E-state index is 0.135. The molecular formula is C45H87NO8. The molecule has 7 atom stereocenters. The topological polar surface area (TPSA) is 149 Å². The minimum atomic E-state index is -1.55. The van der Waals surface area contributed by atoms with Gasteiger partial charge in [0.15, 0.2) is 6.29 Å². The fraction of sp³-hybridized carbons (Fsp3) is 0.933. The first-order valence-corrected chi connectivity index (χ1v) is 22.9. The molecule has 1 heterocycles. The standard InChI is InChI=1S/C45H87NO8/c1-3-5-7-9-11-13-15-16-17-18-19-20-21-22-23-24-25-27-29-31-33-35-41(49)46-38(37-53-45-44(52)43(51)42(50)40(36-47)54-45)39(48)34-32-30-28-26-14-12-10-8-6-4-2/h16-17,38-40,42-45,47-48,50-52H,3-15,18-37H2,1-2H3,(H,46,49)/b17-16+/t38-,39+,40-,42-,43?,44?,45-/m0/s1. The zero-order valence-electron chi connectivity index (χ0n) is 35.0. The van der Waals surface area contributed by atoms with Crippen LogP contribution in [0.15, 0.2) is 12.2 Å². The van der Waals surface area contributed by atoms with E-state index in [0.29, 0.717) is 12.8 Å². The lowest BCUT2D eigenvalue weighted by molar-refractivity contribution is -0.302. The number of carbonyl (C=O) groups excluding carboxylic acids is 1. The largest absolute Gasteiger partial charge is 0.394 e. The highest BCUT2D eigenvalue weighted by atomic mass is 16.7. The van der Waals surface area contributed by atoms with E-state index in [9.17, 15) is 30.3 Å². The van der Waals surface area contributed by atoms with Crippen LogP contribution in [0.2, 0.25) is 0 Å². The van der Waals surface area contributed by atoms with Gasteiger partial charge in [-0.1, -0.05) is 180 Å². The summed E-state index contributed by atoms with van der Waals surface area (Å²) in [6.45, 7) is 3.81. The molecule has 1 rings (SSSR count). The fourth-order valence-corrected chi connectivity index (χ4v) is 7.39. The van der Waals surface area contributed by atoms with Gasteiger partial charge in [-0.15, -0.1) is 0 Å². The van der Waals surface area contributed by atoms with Crippen molar-refractivity contribution < 1.29 is 39.8 Å². The summed E-state index contributed by atoms with van der Waals surface area (Å²) in [5.74, 6) is -0.146. The Labute approximate surface area is 331 Å². The lowest BCUT2D eigenvalue weighted by atomic mass is 9.99. The van der Waals surface area contributed by atoms with Gasteiger partial charge in [0.05, 0.1) is 25.4 Å². The highest BCUT2D eigenvalue weighted by molar-refractivity contribution is 5.76. The summed E-state index contributed by atoms with van der Waals surface area (Å²) in [6, 6.07) is -0.713. The summed E-state index contributed by atoms with van der Waals surface area (Å²) in [6.07, 6.45) is 33.7. The number of carbonyl (C=O) groups is 1. The van der Waals surface area contributed by atoms with Gasteiger partial charge in [-0.25, -0.2) is 0 Å². The first-order chi connectivity index (χ1) is 26.3. The molecule has 0 aromatic carbocycles. The first-order valence-electron chi connectivity index (χ1n) is 22.9. The van der Waals surface area contributed by atoms with E-state index in [4.69, 9.17) is 9.47 Å². The third-order valence-electron chi connectivity index (χ3n) is 11.1. The van der Waals surface area contributed by atoms with Crippen LogP contribution in [0.4, 0.5) is 0 Å². The second kappa shape index (κ2) is 36.3. The Morgan fingerprint density at radius 1 is 0.611 bits per heavy atom. The SMILES string of the molecule is CCCCCCCC/C=C/CCCCCCCCCCCCCC(=O)N[C@@H](CO[C@H]1O[C@@H](CO)[C@H](O)C(O)C1O)[C@H](O)CCCCCCCCCCCC. The summed E-state index contributed by atoms with van der Waals surface area (Å²) in [7, 11) is 0. The summed E-state index contributed by atoms with van der Waals surface area (Å²) in [5.41, 5.74) is 0. The number of amides is 1. The number of hydrogen-bond acceptors (Lipinski definition) is 8. The van der Waals surface area contributed by atoms with E-state index in [1.165, 1.54) is 148 Å². The van der Waals surface area contributed by atoms with Crippen LogP contribution < -0.4 is 5.32 Å². The normalized spacial score (nSPS) is 21.5. The van der Waals surface area contributed by atoms with Crippen LogP contribution in [0.3, 0.4) is 0 Å². The van der Waals surface area contributed by atoms with Gasteiger partial charge in [-0.3, -0.25) is 4.79 Å². The molecular weight excluding hydrogens is 682 g/mol. The highest BCUT2D eigenvalue weighted by Crippen LogP contribution is 2.23. The van der Waals surface area contributed by atoms with Crippen molar-refractivity contribution in [3.05, 3.63) is 12.2 Å². The summed E-state index contributed by atoms with van der Waals surface area (Å²) in [4.78, 5) is 12.9. The molecule has 1 aliphatic rings. The van der Waals surface area contributed by atoms with E-state index in [1.807, 2.05) is 0 Å². The molecule has 0 saturated carbocycles. The van der Waals surface area contributed by atoms with Crippen LogP contribution in [-0.2, 0) is 14.3 Å². The molecule has 2 unspecified atom stereocenters. The number of rotatable bonds is 38. The lowest BCUT2D eigenvalue weighted by Gasteiger charge is -2.40. The number of aliphatic hydroxyl groups excluding tert-OH is 5. The van der Waals surface area contributed by atoms with Gasteiger partial charge in [0, 0.05) is 6.42 Å². The molecule has 0 spiro atoms. The second-order valence-corrected chi connectivity index (χ2v) is 16.2. The Bertz CT molecular complexity index is 858. The first kappa shape index (κ1) is 50.9. The molecule has 0 bridgehead atoms. The molecule has 1 amide bonds. The Hall–Kier alpha value is -1.07. The van der Waals surface area contributed by atoms with Gasteiger partial charge >= 0.3 is 0 Å². The predicted molar refractivity (Wildman–Crippen MR) is 221 cm³/mol. The van der Waals surface area contributed by atoms with Gasteiger partial charge in [-0.2, -0.15) is 0 Å². The van der Waals surface area contributed by atoms with Crippen molar-refractivity contribution in [3.63, 3.8) is 0 Å². The van der Waals surface area contributed by atoms with Crippen LogP contribution in [0.1, 0.15) is 213 Å². The molecule has 0 aliphatic carbocycles. The van der Waals surface area contributed by atoms with Crippen molar-refractivity contribution in [2.75, 3.05) is 13.2 Å². The molecule has 0 radical (unpaired) electrons. The molecule has 320 valence electrons. The number of unbranched alkanes of at least 4 members (excludes halogenated alkanes) is 26. The van der Waals surface area contributed by atoms with Crippen LogP contribution in [0.5, 0.6) is 0 Å². The Balaban J connectivity index is 2.26. The fourth-order valence-electron chi connectivity index (χ4n) is 7.39. The summed E-state index contributed by atoms with van der Waals surface area (Å²) >= 11 is 0. The molecule has 6 N–H and O–H groups in total. The Kier molecular flexibility index (Phi) is 34.2. The van der Waals surface area contributed by atoms with E-state index in [1.54, 1.807) is 0 Å². The van der Waals surface area contributed by atoms with Gasteiger partial charge in [0.1, 0.15) is 24.4 Å². The number of hydrogen-bond donors (Lipinski definition) is 6. The molecule has 1 aliphatic heterocycles. The maximum Gasteiger partial charge on any atom is 0.220 e. The van der Waals surface area contributed by atoms with Crippen LogP contribution >= 0.6 is 0 Å². The summed E-state index contributed by atoms with van der Waals surface area (Å²) < 4.78 is 11.2. The average molecular weight is 770 g/mol. The van der Waals surface area contributed by atoms with Crippen molar-refractivity contribution in [2.24, 2.45) is 0 Å². The van der Waals surface area contributed by atoms with Gasteiger partial charge in [-0.05, 0) is 38.5 Å². The van der Waals surface area contributed by atoms with Crippen molar-refractivity contribution >= 4 is 5.91 Å². The van der Waals surface area contributed by atoms with E-state index < -0.39 is 49.5 Å². The van der Waals surface area contributed by atoms with Crippen LogP contribution in [0.25, 0.3) is 0 Å². The van der Waals surface area contributed by atoms with Gasteiger partial charge in [0.2, 0.25) is 5.91 Å². The minimum Gasteiger partial charge on any atom is -0.394 e. The molecule has 0 aromatic rings. The van der Waals surface area contributed by atoms with E-state index in [-0.39, 0.29) is 12.5 Å². The zero-order valence-corrected chi connectivity index (χ0v) is 35.0. The smallest absolute Gasteiger partial charge is 0.220 e. The molecule has 9 heteroatoms. The van der Waals surface area contributed by atoms with Crippen molar-refractivity contribution in [1.29, 1.82) is 0 Å². The van der Waals surface area contributed by atoms with Gasteiger partial charge < -0.3 is 40.3 Å². The highest BCUT2D eigenvalue weighted by Gasteiger charge is 2.44. The number of ether oxygens (including phenoxy) is 2. The molecule has 0 aromatic heterocycles.